The van der Waals surface area contributed by atoms with Crippen molar-refractivity contribution in [2.24, 2.45) is 23.2 Å². The van der Waals surface area contributed by atoms with Crippen LogP contribution in [0.5, 0.6) is 0 Å². The van der Waals surface area contributed by atoms with Crippen molar-refractivity contribution in [3.63, 3.8) is 0 Å². The monoisotopic (exact) mass is 220 g/mol. The second-order valence-electron chi connectivity index (χ2n) is 5.16. The minimum absolute atomic E-state index is 0.134. The number of hydrogen-bond acceptors (Lipinski definition) is 3. The molecule has 0 aromatic rings. The van der Waals surface area contributed by atoms with Gasteiger partial charge in [0.1, 0.15) is 6.61 Å². The van der Waals surface area contributed by atoms with Gasteiger partial charge in [-0.15, -0.1) is 0 Å². The fourth-order valence-electron chi connectivity index (χ4n) is 3.72. The van der Waals surface area contributed by atoms with E-state index in [1.807, 2.05) is 6.08 Å². The zero-order valence-corrected chi connectivity index (χ0v) is 9.30. The summed E-state index contributed by atoms with van der Waals surface area (Å²) in [4.78, 5) is 10.9. The Labute approximate surface area is 94.8 Å². The van der Waals surface area contributed by atoms with Crippen LogP contribution in [0.4, 0.5) is 0 Å². The number of carbonyl (C=O) groups is 1. The molecule has 0 spiro atoms. The molecule has 1 saturated carbocycles. The van der Waals surface area contributed by atoms with Gasteiger partial charge in [0, 0.05) is 18.3 Å². The highest BCUT2D eigenvalue weighted by molar-refractivity contribution is 5.66. The summed E-state index contributed by atoms with van der Waals surface area (Å²) in [6.45, 7) is 1.84. The minimum atomic E-state index is -0.379. The van der Waals surface area contributed by atoms with Crippen LogP contribution >= 0.6 is 0 Å². The lowest BCUT2D eigenvalue weighted by Gasteiger charge is -2.36. The Morgan fingerprint density at radius 2 is 2.31 bits per heavy atom. The van der Waals surface area contributed by atoms with Crippen molar-refractivity contribution in [3.8, 4) is 0 Å². The molecule has 0 saturated heterocycles. The molecule has 0 heterocycles. The van der Waals surface area contributed by atoms with E-state index >= 15 is 0 Å². The third-order valence-electron chi connectivity index (χ3n) is 4.39. The molecule has 16 heavy (non-hydrogen) atoms. The largest absolute Gasteiger partial charge is 0.465 e. The van der Waals surface area contributed by atoms with E-state index in [-0.39, 0.29) is 23.4 Å². The highest BCUT2D eigenvalue weighted by Crippen LogP contribution is 2.60. The predicted octanol–water partition coefficient (Wildman–Crippen LogP) is 1.29. The highest BCUT2D eigenvalue weighted by atomic mass is 16.5. The average Bonchev–Trinajstić information content (AvgIpc) is 2.88. The molecule has 3 heteroatoms. The fraction of sp³-hybridized carbons (Fsp3) is 0.615. The van der Waals surface area contributed by atoms with E-state index in [1.54, 1.807) is 0 Å². The standard InChI is InChI=1S/C13H16O3/c1-8(14)16-7-13-5-4-11(15)12(13)9-2-3-10(13)6-9/h2-5,9-12,15H,6-7H2,1H3/t9-,10+,11?,12?,13-/m1/s1. The Morgan fingerprint density at radius 1 is 1.50 bits per heavy atom. The second-order valence-corrected chi connectivity index (χ2v) is 5.16. The van der Waals surface area contributed by atoms with Crippen LogP contribution in [0.15, 0.2) is 24.3 Å². The first kappa shape index (κ1) is 10.1. The van der Waals surface area contributed by atoms with Crippen molar-refractivity contribution in [2.45, 2.75) is 19.4 Å². The Hall–Kier alpha value is -1.09. The number of fused-ring (bicyclic) bond motifs is 5. The normalized spacial score (nSPS) is 47.4. The van der Waals surface area contributed by atoms with Crippen molar-refractivity contribution in [2.75, 3.05) is 6.61 Å². The summed E-state index contributed by atoms with van der Waals surface area (Å²) in [6, 6.07) is 0. The summed E-state index contributed by atoms with van der Waals surface area (Å²) in [5.41, 5.74) is -0.134. The van der Waals surface area contributed by atoms with Gasteiger partial charge in [-0.1, -0.05) is 24.3 Å². The average molecular weight is 220 g/mol. The number of aliphatic hydroxyl groups excluding tert-OH is 1. The molecule has 0 amide bonds. The van der Waals surface area contributed by atoms with Crippen molar-refractivity contribution >= 4 is 5.97 Å². The van der Waals surface area contributed by atoms with Gasteiger partial charge >= 0.3 is 5.97 Å². The first-order valence-electron chi connectivity index (χ1n) is 5.82. The van der Waals surface area contributed by atoms with Crippen LogP contribution in [-0.2, 0) is 9.53 Å². The van der Waals surface area contributed by atoms with Crippen LogP contribution in [0.3, 0.4) is 0 Å². The lowest BCUT2D eigenvalue weighted by molar-refractivity contribution is -0.145. The number of aliphatic hydroxyl groups is 1. The minimum Gasteiger partial charge on any atom is -0.465 e. The number of ether oxygens (including phenoxy) is 1. The maximum Gasteiger partial charge on any atom is 0.302 e. The van der Waals surface area contributed by atoms with Crippen LogP contribution in [0, 0.1) is 23.2 Å². The molecule has 1 N–H and O–H groups in total. The van der Waals surface area contributed by atoms with Gasteiger partial charge in [-0.2, -0.15) is 0 Å². The van der Waals surface area contributed by atoms with Gasteiger partial charge in [0.05, 0.1) is 6.10 Å². The van der Waals surface area contributed by atoms with Crippen LogP contribution in [0.2, 0.25) is 0 Å². The highest BCUT2D eigenvalue weighted by Gasteiger charge is 2.59. The van der Waals surface area contributed by atoms with E-state index in [2.05, 4.69) is 18.2 Å². The maximum absolute atomic E-state index is 10.9. The molecule has 2 bridgehead atoms. The zero-order valence-electron chi connectivity index (χ0n) is 9.30. The van der Waals surface area contributed by atoms with Crippen molar-refractivity contribution in [1.82, 2.24) is 0 Å². The van der Waals surface area contributed by atoms with Crippen LogP contribution in [0.1, 0.15) is 13.3 Å². The van der Waals surface area contributed by atoms with Gasteiger partial charge in [-0.3, -0.25) is 4.79 Å². The number of allylic oxidation sites excluding steroid dienone is 2. The Morgan fingerprint density at radius 3 is 3.06 bits per heavy atom. The van der Waals surface area contributed by atoms with Crippen LogP contribution in [0.25, 0.3) is 0 Å². The van der Waals surface area contributed by atoms with Gasteiger partial charge in [0.25, 0.3) is 0 Å². The predicted molar refractivity (Wildman–Crippen MR) is 58.4 cm³/mol. The summed E-state index contributed by atoms with van der Waals surface area (Å²) < 4.78 is 5.20. The summed E-state index contributed by atoms with van der Waals surface area (Å²) in [5.74, 6) is 0.845. The Kier molecular flexibility index (Phi) is 2.02. The molecule has 0 aromatic heterocycles. The molecule has 3 rings (SSSR count). The lowest BCUT2D eigenvalue weighted by Crippen LogP contribution is -2.39. The third kappa shape index (κ3) is 1.15. The maximum atomic E-state index is 10.9. The zero-order chi connectivity index (χ0) is 11.3. The molecule has 0 radical (unpaired) electrons. The number of carbonyl (C=O) groups excluding carboxylic acids is 1. The molecule has 3 aliphatic rings. The molecule has 1 fully saturated rings. The Balaban J connectivity index is 1.89. The lowest BCUT2D eigenvalue weighted by atomic mass is 9.71. The molecular weight excluding hydrogens is 204 g/mol. The quantitative estimate of drug-likeness (QED) is 0.563. The second kappa shape index (κ2) is 3.20. The summed E-state index contributed by atoms with van der Waals surface area (Å²) in [6.07, 6.45) is 9.06. The molecule has 0 aromatic carbocycles. The topological polar surface area (TPSA) is 46.5 Å². The molecule has 3 nitrogen and oxygen atoms in total. The van der Waals surface area contributed by atoms with E-state index in [0.717, 1.165) is 6.42 Å². The first-order chi connectivity index (χ1) is 7.63. The summed E-state index contributed by atoms with van der Waals surface area (Å²) in [5, 5.41) is 9.99. The molecule has 3 aliphatic carbocycles. The smallest absolute Gasteiger partial charge is 0.302 e. The number of hydrogen-bond donors (Lipinski definition) is 1. The van der Waals surface area contributed by atoms with Gasteiger partial charge in [0.15, 0.2) is 0 Å². The SMILES string of the molecule is CC(=O)OC[C@@]12C=CC(O)C1[C@@H]1C=C[C@H]2C1. The third-order valence-corrected chi connectivity index (χ3v) is 4.39. The van der Waals surface area contributed by atoms with Crippen LogP contribution < -0.4 is 0 Å². The van der Waals surface area contributed by atoms with Gasteiger partial charge in [0.2, 0.25) is 0 Å². The van der Waals surface area contributed by atoms with Gasteiger partial charge in [-0.05, 0) is 18.3 Å². The summed E-state index contributed by atoms with van der Waals surface area (Å²) in [7, 11) is 0. The van der Waals surface area contributed by atoms with E-state index in [0.29, 0.717) is 18.4 Å². The van der Waals surface area contributed by atoms with E-state index in [1.165, 1.54) is 6.92 Å². The molecule has 86 valence electrons. The van der Waals surface area contributed by atoms with Crippen molar-refractivity contribution in [3.05, 3.63) is 24.3 Å². The number of rotatable bonds is 2. The van der Waals surface area contributed by atoms with E-state index in [4.69, 9.17) is 4.74 Å². The molecule has 2 unspecified atom stereocenters. The first-order valence-corrected chi connectivity index (χ1v) is 5.82. The van der Waals surface area contributed by atoms with Gasteiger partial charge < -0.3 is 9.84 Å². The van der Waals surface area contributed by atoms with E-state index < -0.39 is 0 Å². The molecule has 0 aliphatic heterocycles. The van der Waals surface area contributed by atoms with Crippen molar-refractivity contribution in [1.29, 1.82) is 0 Å². The van der Waals surface area contributed by atoms with E-state index in [9.17, 15) is 9.90 Å². The number of esters is 1. The van der Waals surface area contributed by atoms with Crippen molar-refractivity contribution < 1.29 is 14.6 Å². The van der Waals surface area contributed by atoms with Gasteiger partial charge in [-0.25, -0.2) is 0 Å². The molecule has 5 atom stereocenters. The Bertz CT molecular complexity index is 385. The summed E-state index contributed by atoms with van der Waals surface area (Å²) >= 11 is 0. The van der Waals surface area contributed by atoms with Crippen LogP contribution in [-0.4, -0.2) is 23.8 Å². The fourth-order valence-corrected chi connectivity index (χ4v) is 3.72. The molecular formula is C13H16O3.